The summed E-state index contributed by atoms with van der Waals surface area (Å²) < 4.78 is 1.78. The molecule has 0 spiro atoms. The Labute approximate surface area is 130 Å². The van der Waals surface area contributed by atoms with Crippen LogP contribution in [-0.2, 0) is 0 Å². The number of rotatable bonds is 5. The van der Waals surface area contributed by atoms with Crippen LogP contribution in [0, 0.1) is 18.3 Å². The number of carbonyl (C=O) groups is 1. The van der Waals surface area contributed by atoms with Gasteiger partial charge in [0.25, 0.3) is 5.91 Å². The molecule has 1 N–H and O–H groups in total. The molecular weight excluding hydrogens is 276 g/mol. The predicted molar refractivity (Wildman–Crippen MR) is 86.1 cm³/mol. The lowest BCUT2D eigenvalue weighted by Crippen LogP contribution is -2.32. The van der Waals surface area contributed by atoms with E-state index in [-0.39, 0.29) is 5.91 Å². The van der Waals surface area contributed by atoms with Gasteiger partial charge in [0, 0.05) is 25.0 Å². The van der Waals surface area contributed by atoms with E-state index in [0.717, 1.165) is 17.8 Å². The van der Waals surface area contributed by atoms with Crippen molar-refractivity contribution in [2.24, 2.45) is 0 Å². The smallest absolute Gasteiger partial charge is 0.269 e. The van der Waals surface area contributed by atoms with Gasteiger partial charge >= 0.3 is 0 Å². The largest absolute Gasteiger partial charge is 0.349 e. The average Bonchev–Trinajstić information content (AvgIpc) is 2.91. The first-order valence-electron chi connectivity index (χ1n) is 7.15. The van der Waals surface area contributed by atoms with E-state index in [9.17, 15) is 10.1 Å². The third kappa shape index (κ3) is 3.35. The number of nitriles is 1. The second-order valence-corrected chi connectivity index (χ2v) is 5.41. The van der Waals surface area contributed by atoms with E-state index in [4.69, 9.17) is 0 Å². The molecule has 114 valence electrons. The third-order valence-corrected chi connectivity index (χ3v) is 3.44. The number of benzene rings is 1. The molecule has 0 aliphatic heterocycles. The number of carbonyl (C=O) groups excluding carboxylic acids is 1. The van der Waals surface area contributed by atoms with E-state index in [0.29, 0.717) is 17.8 Å². The first kappa shape index (κ1) is 15.8. The van der Waals surface area contributed by atoms with Gasteiger partial charge in [-0.25, -0.2) is 0 Å². The van der Waals surface area contributed by atoms with Crippen LogP contribution < -0.4 is 5.32 Å². The summed E-state index contributed by atoms with van der Waals surface area (Å²) in [5.41, 5.74) is 2.72. The molecule has 1 aromatic carbocycles. The van der Waals surface area contributed by atoms with E-state index in [1.165, 1.54) is 0 Å². The van der Waals surface area contributed by atoms with Crippen molar-refractivity contribution < 1.29 is 4.79 Å². The summed E-state index contributed by atoms with van der Waals surface area (Å²) in [6, 6.07) is 11.6. The van der Waals surface area contributed by atoms with Crippen molar-refractivity contribution in [2.45, 2.75) is 6.92 Å². The summed E-state index contributed by atoms with van der Waals surface area (Å²) in [7, 11) is 3.89. The van der Waals surface area contributed by atoms with Crippen LogP contribution >= 0.6 is 0 Å². The number of aryl methyl sites for hydroxylation is 1. The molecule has 0 fully saturated rings. The molecule has 0 aliphatic rings. The highest BCUT2D eigenvalue weighted by atomic mass is 16.1. The number of hydrogen-bond acceptors (Lipinski definition) is 3. The lowest BCUT2D eigenvalue weighted by molar-refractivity contribution is 0.0944. The first-order chi connectivity index (χ1) is 10.5. The molecule has 0 saturated heterocycles. The van der Waals surface area contributed by atoms with Crippen LogP contribution in [0.4, 0.5) is 0 Å². The van der Waals surface area contributed by atoms with Crippen LogP contribution in [0.15, 0.2) is 36.5 Å². The molecule has 0 atom stereocenters. The van der Waals surface area contributed by atoms with Crippen molar-refractivity contribution in [3.8, 4) is 11.8 Å². The van der Waals surface area contributed by atoms with Gasteiger partial charge in [-0.2, -0.15) is 5.26 Å². The molecule has 0 radical (unpaired) electrons. The van der Waals surface area contributed by atoms with Crippen molar-refractivity contribution in [1.82, 2.24) is 14.8 Å². The van der Waals surface area contributed by atoms with Gasteiger partial charge in [0.1, 0.15) is 11.8 Å². The van der Waals surface area contributed by atoms with Gasteiger partial charge in [0.05, 0.1) is 5.56 Å². The fourth-order valence-electron chi connectivity index (χ4n) is 2.27. The molecule has 5 heteroatoms. The maximum Gasteiger partial charge on any atom is 0.269 e. The van der Waals surface area contributed by atoms with Crippen LogP contribution in [0.2, 0.25) is 0 Å². The van der Waals surface area contributed by atoms with Crippen molar-refractivity contribution in [3.05, 3.63) is 53.3 Å². The second kappa shape index (κ2) is 6.92. The molecule has 0 saturated carbocycles. The Balaban J connectivity index is 2.34. The Morgan fingerprint density at radius 1 is 1.32 bits per heavy atom. The molecule has 0 aliphatic carbocycles. The van der Waals surface area contributed by atoms with Crippen molar-refractivity contribution in [2.75, 3.05) is 27.2 Å². The van der Waals surface area contributed by atoms with E-state index >= 15 is 0 Å². The zero-order chi connectivity index (χ0) is 16.1. The lowest BCUT2D eigenvalue weighted by atomic mass is 10.2. The van der Waals surface area contributed by atoms with E-state index in [1.807, 2.05) is 50.2 Å². The monoisotopic (exact) mass is 296 g/mol. The van der Waals surface area contributed by atoms with Crippen LogP contribution in [-0.4, -0.2) is 42.6 Å². The summed E-state index contributed by atoms with van der Waals surface area (Å²) in [6.45, 7) is 3.27. The first-order valence-corrected chi connectivity index (χ1v) is 7.15. The Bertz CT molecular complexity index is 710. The Morgan fingerprint density at radius 3 is 2.68 bits per heavy atom. The van der Waals surface area contributed by atoms with Gasteiger partial charge in [-0.15, -0.1) is 0 Å². The highest BCUT2D eigenvalue weighted by molar-refractivity contribution is 5.96. The standard InChI is InChI=1S/C17H20N4O/c1-13-6-4-5-7-15(13)21-10-8-14(12-18)16(21)17(22)19-9-11-20(2)3/h4-8,10H,9,11H2,1-3H3,(H,19,22). The summed E-state index contributed by atoms with van der Waals surface area (Å²) in [5, 5.41) is 12.1. The van der Waals surface area contributed by atoms with Crippen LogP contribution in [0.1, 0.15) is 21.6 Å². The summed E-state index contributed by atoms with van der Waals surface area (Å²) >= 11 is 0. The third-order valence-electron chi connectivity index (χ3n) is 3.44. The minimum atomic E-state index is -0.230. The van der Waals surface area contributed by atoms with Crippen molar-refractivity contribution in [3.63, 3.8) is 0 Å². The Hall–Kier alpha value is -2.58. The molecule has 0 bridgehead atoms. The molecule has 22 heavy (non-hydrogen) atoms. The van der Waals surface area contributed by atoms with Gasteiger partial charge in [-0.3, -0.25) is 4.79 Å². The summed E-state index contributed by atoms with van der Waals surface area (Å²) in [4.78, 5) is 14.5. The summed E-state index contributed by atoms with van der Waals surface area (Å²) in [6.07, 6.45) is 1.77. The maximum absolute atomic E-state index is 12.5. The van der Waals surface area contributed by atoms with Crippen LogP contribution in [0.5, 0.6) is 0 Å². The van der Waals surface area contributed by atoms with Gasteiger partial charge in [-0.05, 0) is 38.7 Å². The van der Waals surface area contributed by atoms with Crippen LogP contribution in [0.3, 0.4) is 0 Å². The highest BCUT2D eigenvalue weighted by Gasteiger charge is 2.18. The van der Waals surface area contributed by atoms with Gasteiger partial charge in [0.15, 0.2) is 0 Å². The minimum Gasteiger partial charge on any atom is -0.349 e. The molecule has 1 amide bonds. The quantitative estimate of drug-likeness (QED) is 0.917. The summed E-state index contributed by atoms with van der Waals surface area (Å²) in [5.74, 6) is -0.230. The molecular formula is C17H20N4O. The minimum absolute atomic E-state index is 0.230. The molecule has 2 aromatic rings. The SMILES string of the molecule is Cc1ccccc1-n1ccc(C#N)c1C(=O)NCCN(C)C. The number of amides is 1. The maximum atomic E-state index is 12.5. The number of hydrogen-bond donors (Lipinski definition) is 1. The average molecular weight is 296 g/mol. The van der Waals surface area contributed by atoms with E-state index in [2.05, 4.69) is 11.4 Å². The predicted octanol–water partition coefficient (Wildman–Crippen LogP) is 1.95. The molecule has 1 heterocycles. The van der Waals surface area contributed by atoms with Gasteiger partial charge in [-0.1, -0.05) is 18.2 Å². The number of nitrogens with one attached hydrogen (secondary N) is 1. The topological polar surface area (TPSA) is 61.1 Å². The normalized spacial score (nSPS) is 10.5. The van der Waals surface area contributed by atoms with Crippen molar-refractivity contribution in [1.29, 1.82) is 5.26 Å². The second-order valence-electron chi connectivity index (χ2n) is 5.41. The van der Waals surface area contributed by atoms with E-state index in [1.54, 1.807) is 16.8 Å². The van der Waals surface area contributed by atoms with Gasteiger partial charge in [0.2, 0.25) is 0 Å². The number of para-hydroxylation sites is 1. The zero-order valence-electron chi connectivity index (χ0n) is 13.1. The molecule has 0 unspecified atom stereocenters. The number of nitrogens with zero attached hydrogens (tertiary/aromatic N) is 3. The fourth-order valence-corrected chi connectivity index (χ4v) is 2.27. The lowest BCUT2D eigenvalue weighted by Gasteiger charge is -2.14. The fraction of sp³-hybridized carbons (Fsp3) is 0.294. The van der Waals surface area contributed by atoms with Gasteiger partial charge < -0.3 is 14.8 Å². The number of likely N-dealkylation sites (N-methyl/N-ethyl adjacent to an activating group) is 1. The number of aromatic nitrogens is 1. The van der Waals surface area contributed by atoms with E-state index < -0.39 is 0 Å². The Morgan fingerprint density at radius 2 is 2.05 bits per heavy atom. The van der Waals surface area contributed by atoms with Crippen LogP contribution in [0.25, 0.3) is 5.69 Å². The molecule has 1 aromatic heterocycles. The zero-order valence-corrected chi connectivity index (χ0v) is 13.1. The molecule has 2 rings (SSSR count). The van der Waals surface area contributed by atoms with Crippen molar-refractivity contribution >= 4 is 5.91 Å². The Kier molecular flexibility index (Phi) is 4.97. The highest BCUT2D eigenvalue weighted by Crippen LogP contribution is 2.19. The molecule has 5 nitrogen and oxygen atoms in total.